The second-order valence-electron chi connectivity index (χ2n) is 6.57. The van der Waals surface area contributed by atoms with Crippen LogP contribution in [0.3, 0.4) is 0 Å². The molecule has 0 aliphatic carbocycles. The Bertz CT molecular complexity index is 903. The lowest BCUT2D eigenvalue weighted by Gasteiger charge is -2.10. The standard InChI is InChI=1S/C24H30FN3O2/c1-6-9-19(8-3)30-20-12-10-18(11-13-20)15-28-24(29)21(17(5)26)14-22(25)23(27)16(4)7-2/h6,8-14H,1,3,7,15,26-27H2,2,4-5H3,(H,28,29)/b19-9+,21-17-,22-14+,23-16?. The Morgan fingerprint density at radius 3 is 2.33 bits per heavy atom. The highest BCUT2D eigenvalue weighted by atomic mass is 19.1. The Kier molecular flexibility index (Phi) is 9.89. The highest BCUT2D eigenvalue weighted by Gasteiger charge is 2.13. The first-order chi connectivity index (χ1) is 14.2. The van der Waals surface area contributed by atoms with Gasteiger partial charge in [-0.3, -0.25) is 4.79 Å². The third kappa shape index (κ3) is 7.47. The van der Waals surface area contributed by atoms with Crippen molar-refractivity contribution in [3.8, 4) is 5.75 Å². The number of hydrogen-bond acceptors (Lipinski definition) is 4. The first kappa shape index (κ1) is 24.5. The van der Waals surface area contributed by atoms with Crippen molar-refractivity contribution in [2.45, 2.75) is 33.7 Å². The normalized spacial score (nSPS) is 13.7. The summed E-state index contributed by atoms with van der Waals surface area (Å²) in [5.74, 6) is 0.0152. The Hall–Kier alpha value is -3.54. The molecule has 0 heterocycles. The second-order valence-corrected chi connectivity index (χ2v) is 6.57. The third-order valence-electron chi connectivity index (χ3n) is 4.28. The summed E-state index contributed by atoms with van der Waals surface area (Å²) < 4.78 is 20.0. The molecule has 0 saturated heterocycles. The van der Waals surface area contributed by atoms with Crippen LogP contribution in [0.1, 0.15) is 32.8 Å². The van der Waals surface area contributed by atoms with Crippen LogP contribution in [0.25, 0.3) is 0 Å². The zero-order chi connectivity index (χ0) is 22.7. The zero-order valence-electron chi connectivity index (χ0n) is 17.8. The average Bonchev–Trinajstić information content (AvgIpc) is 2.74. The van der Waals surface area contributed by atoms with E-state index < -0.39 is 11.7 Å². The van der Waals surface area contributed by atoms with Crippen molar-refractivity contribution in [1.82, 2.24) is 5.32 Å². The van der Waals surface area contributed by atoms with Crippen molar-refractivity contribution in [2.75, 3.05) is 0 Å². The number of rotatable bonds is 10. The molecule has 0 aliphatic rings. The molecule has 6 heteroatoms. The number of carbonyl (C=O) groups is 1. The minimum atomic E-state index is -0.684. The molecule has 0 aliphatic heterocycles. The van der Waals surface area contributed by atoms with Crippen molar-refractivity contribution < 1.29 is 13.9 Å². The largest absolute Gasteiger partial charge is 0.457 e. The summed E-state index contributed by atoms with van der Waals surface area (Å²) in [5, 5.41) is 2.73. The van der Waals surface area contributed by atoms with E-state index in [4.69, 9.17) is 16.2 Å². The number of ether oxygens (including phenoxy) is 1. The lowest BCUT2D eigenvalue weighted by molar-refractivity contribution is -0.117. The second kappa shape index (κ2) is 12.1. The van der Waals surface area contributed by atoms with Crippen LogP contribution in [0, 0.1) is 0 Å². The molecule has 0 fully saturated rings. The summed E-state index contributed by atoms with van der Waals surface area (Å²) in [5.41, 5.74) is 13.3. The van der Waals surface area contributed by atoms with Crippen molar-refractivity contribution in [2.24, 2.45) is 11.5 Å². The maximum atomic E-state index is 14.4. The fourth-order valence-electron chi connectivity index (χ4n) is 2.31. The highest BCUT2D eigenvalue weighted by Crippen LogP contribution is 2.18. The van der Waals surface area contributed by atoms with Gasteiger partial charge in [-0.1, -0.05) is 38.3 Å². The van der Waals surface area contributed by atoms with Crippen molar-refractivity contribution in [1.29, 1.82) is 0 Å². The van der Waals surface area contributed by atoms with Crippen molar-refractivity contribution in [3.63, 3.8) is 0 Å². The predicted octanol–water partition coefficient (Wildman–Crippen LogP) is 4.67. The number of nitrogens with two attached hydrogens (primary N) is 2. The van der Waals surface area contributed by atoms with Gasteiger partial charge in [0.25, 0.3) is 5.91 Å². The summed E-state index contributed by atoms with van der Waals surface area (Å²) in [7, 11) is 0. The number of allylic oxidation sites excluding steroid dienone is 6. The van der Waals surface area contributed by atoms with Crippen LogP contribution < -0.4 is 21.5 Å². The molecule has 0 radical (unpaired) electrons. The van der Waals surface area contributed by atoms with Gasteiger partial charge in [-0.15, -0.1) is 0 Å². The van der Waals surface area contributed by atoms with Gasteiger partial charge in [-0.05, 0) is 61.8 Å². The summed E-state index contributed by atoms with van der Waals surface area (Å²) in [6.45, 7) is 12.7. The molecule has 0 saturated carbocycles. The predicted molar refractivity (Wildman–Crippen MR) is 121 cm³/mol. The summed E-state index contributed by atoms with van der Waals surface area (Å²) in [6, 6.07) is 7.16. The fourth-order valence-corrected chi connectivity index (χ4v) is 2.31. The van der Waals surface area contributed by atoms with Crippen molar-refractivity contribution >= 4 is 5.91 Å². The Labute approximate surface area is 178 Å². The van der Waals surface area contributed by atoms with E-state index in [1.165, 1.54) is 6.92 Å². The summed E-state index contributed by atoms with van der Waals surface area (Å²) >= 11 is 0. The van der Waals surface area contributed by atoms with Gasteiger partial charge >= 0.3 is 0 Å². The van der Waals surface area contributed by atoms with E-state index in [0.29, 0.717) is 23.5 Å². The molecule has 0 unspecified atom stereocenters. The molecule has 0 aromatic heterocycles. The molecule has 1 aromatic carbocycles. The van der Waals surface area contributed by atoms with Crippen LogP contribution >= 0.6 is 0 Å². The Morgan fingerprint density at radius 1 is 1.20 bits per heavy atom. The number of carbonyl (C=O) groups excluding carboxylic acids is 1. The van der Waals surface area contributed by atoms with Crippen LogP contribution in [0.2, 0.25) is 0 Å². The maximum absolute atomic E-state index is 14.4. The lowest BCUT2D eigenvalue weighted by Crippen LogP contribution is -2.26. The number of amides is 1. The Morgan fingerprint density at radius 2 is 1.83 bits per heavy atom. The first-order valence-electron chi connectivity index (χ1n) is 9.52. The molecule has 1 rings (SSSR count). The van der Waals surface area contributed by atoms with Crippen LogP contribution in [0.4, 0.5) is 4.39 Å². The lowest BCUT2D eigenvalue weighted by atomic mass is 10.1. The molecule has 0 atom stereocenters. The van der Waals surface area contributed by atoms with Gasteiger partial charge in [0.2, 0.25) is 0 Å². The van der Waals surface area contributed by atoms with Gasteiger partial charge < -0.3 is 21.5 Å². The molecule has 1 amide bonds. The van der Waals surface area contributed by atoms with Gasteiger partial charge in [-0.2, -0.15) is 0 Å². The summed E-state index contributed by atoms with van der Waals surface area (Å²) in [6.07, 6.45) is 6.56. The van der Waals surface area contributed by atoms with Gasteiger partial charge in [0.15, 0.2) is 0 Å². The van der Waals surface area contributed by atoms with Crippen LogP contribution in [-0.4, -0.2) is 5.91 Å². The first-order valence-corrected chi connectivity index (χ1v) is 9.52. The fraction of sp³-hybridized carbons (Fsp3) is 0.208. The minimum Gasteiger partial charge on any atom is -0.457 e. The topological polar surface area (TPSA) is 90.4 Å². The van der Waals surface area contributed by atoms with Crippen molar-refractivity contribution in [3.05, 3.63) is 101 Å². The average molecular weight is 412 g/mol. The van der Waals surface area contributed by atoms with Gasteiger partial charge in [0.1, 0.15) is 17.3 Å². The van der Waals surface area contributed by atoms with E-state index in [2.05, 4.69) is 18.5 Å². The minimum absolute atomic E-state index is 0.0176. The third-order valence-corrected chi connectivity index (χ3v) is 4.28. The van der Waals surface area contributed by atoms with Gasteiger partial charge in [0, 0.05) is 12.2 Å². The molecule has 0 spiro atoms. The number of benzene rings is 1. The Balaban J connectivity index is 2.86. The van der Waals surface area contributed by atoms with E-state index in [1.54, 1.807) is 37.3 Å². The maximum Gasteiger partial charge on any atom is 0.253 e. The van der Waals surface area contributed by atoms with Gasteiger partial charge in [0.05, 0.1) is 11.3 Å². The molecule has 30 heavy (non-hydrogen) atoms. The molecular weight excluding hydrogens is 381 g/mol. The molecular formula is C24H30FN3O2. The monoisotopic (exact) mass is 411 g/mol. The molecule has 0 bridgehead atoms. The van der Waals surface area contributed by atoms with E-state index >= 15 is 0 Å². The van der Waals surface area contributed by atoms with E-state index in [-0.39, 0.29) is 23.5 Å². The molecule has 5 N–H and O–H groups in total. The quantitative estimate of drug-likeness (QED) is 0.297. The van der Waals surface area contributed by atoms with Gasteiger partial charge in [-0.25, -0.2) is 4.39 Å². The summed E-state index contributed by atoms with van der Waals surface area (Å²) in [4.78, 5) is 12.5. The van der Waals surface area contributed by atoms with Crippen LogP contribution in [0.5, 0.6) is 5.75 Å². The number of nitrogens with one attached hydrogen (secondary N) is 1. The number of halogens is 1. The van der Waals surface area contributed by atoms with E-state index in [9.17, 15) is 9.18 Å². The molecule has 5 nitrogen and oxygen atoms in total. The number of hydrogen-bond donors (Lipinski definition) is 3. The van der Waals surface area contributed by atoms with Crippen LogP contribution in [-0.2, 0) is 11.3 Å². The van der Waals surface area contributed by atoms with Crippen LogP contribution in [0.15, 0.2) is 95.9 Å². The molecule has 1 aromatic rings. The molecule has 160 valence electrons. The van der Waals surface area contributed by atoms with E-state index in [1.807, 2.05) is 19.1 Å². The zero-order valence-corrected chi connectivity index (χ0v) is 17.8. The SMILES string of the molecule is C=C/C=C(\C=C)Oc1ccc(CNC(=O)C(/C=C(/F)C(N)=C(C)CC)=C(/C)N)cc1. The highest BCUT2D eigenvalue weighted by molar-refractivity contribution is 5.97. The van der Waals surface area contributed by atoms with E-state index in [0.717, 1.165) is 11.6 Å². The smallest absolute Gasteiger partial charge is 0.253 e.